The average Bonchev–Trinajstić information content (AvgIpc) is 3.11. The number of carbonyl (C=O) groups is 1. The molecule has 0 aromatic heterocycles. The summed E-state index contributed by atoms with van der Waals surface area (Å²) in [6, 6.07) is 2.65. The molecule has 3 rings (SSSR count). The maximum atomic E-state index is 13.6. The second-order valence-corrected chi connectivity index (χ2v) is 5.73. The highest BCUT2D eigenvalue weighted by Gasteiger charge is 2.39. The second-order valence-electron chi connectivity index (χ2n) is 5.73. The van der Waals surface area contributed by atoms with Gasteiger partial charge in [-0.1, -0.05) is 0 Å². The van der Waals surface area contributed by atoms with E-state index in [1.807, 2.05) is 0 Å². The standard InChI is InChI=1S/C15H16F2O4/c1-15(16,17)9-4-11(14-12(5-9)20-7-21-14)10(6-13(18)19)8-2-3-8/h4-5,8,10H,2-3,6-7H2,1H3,(H,18,19). The number of carboxylic acid groups (broad SMARTS) is 1. The van der Waals surface area contributed by atoms with Crippen LogP contribution in [0.25, 0.3) is 0 Å². The van der Waals surface area contributed by atoms with E-state index in [1.54, 1.807) is 0 Å². The zero-order valence-electron chi connectivity index (χ0n) is 11.6. The first-order valence-corrected chi connectivity index (χ1v) is 6.90. The highest BCUT2D eigenvalue weighted by Crippen LogP contribution is 2.51. The fraction of sp³-hybridized carbons (Fsp3) is 0.533. The van der Waals surface area contributed by atoms with Crippen molar-refractivity contribution in [2.75, 3.05) is 6.79 Å². The summed E-state index contributed by atoms with van der Waals surface area (Å²) in [4.78, 5) is 11.1. The minimum atomic E-state index is -3.01. The molecule has 2 aliphatic rings. The quantitative estimate of drug-likeness (QED) is 0.904. The van der Waals surface area contributed by atoms with Gasteiger partial charge in [0.15, 0.2) is 11.5 Å². The van der Waals surface area contributed by atoms with Gasteiger partial charge < -0.3 is 14.6 Å². The summed E-state index contributed by atoms with van der Waals surface area (Å²) < 4.78 is 37.9. The highest BCUT2D eigenvalue weighted by atomic mass is 19.3. The Labute approximate surface area is 120 Å². The number of ether oxygens (including phenoxy) is 2. The van der Waals surface area contributed by atoms with Crippen LogP contribution in [0.3, 0.4) is 0 Å². The molecule has 1 aliphatic carbocycles. The molecule has 1 atom stereocenters. The number of fused-ring (bicyclic) bond motifs is 1. The molecule has 1 N–H and O–H groups in total. The number of benzene rings is 1. The molecule has 114 valence electrons. The van der Waals surface area contributed by atoms with E-state index in [-0.39, 0.29) is 36.4 Å². The van der Waals surface area contributed by atoms with Gasteiger partial charge in [0.05, 0.1) is 6.42 Å². The van der Waals surface area contributed by atoms with Gasteiger partial charge >= 0.3 is 5.97 Å². The van der Waals surface area contributed by atoms with Crippen molar-refractivity contribution in [3.05, 3.63) is 23.3 Å². The van der Waals surface area contributed by atoms with Crippen molar-refractivity contribution in [2.24, 2.45) is 5.92 Å². The van der Waals surface area contributed by atoms with Crippen molar-refractivity contribution in [3.8, 4) is 11.5 Å². The van der Waals surface area contributed by atoms with Crippen LogP contribution in [0.15, 0.2) is 12.1 Å². The van der Waals surface area contributed by atoms with Crippen LogP contribution < -0.4 is 9.47 Å². The molecule has 1 fully saturated rings. The van der Waals surface area contributed by atoms with E-state index in [2.05, 4.69) is 0 Å². The van der Waals surface area contributed by atoms with E-state index < -0.39 is 11.9 Å². The Kier molecular flexibility index (Phi) is 3.26. The number of alkyl halides is 2. The lowest BCUT2D eigenvalue weighted by Gasteiger charge is -2.20. The van der Waals surface area contributed by atoms with Crippen LogP contribution in [0.2, 0.25) is 0 Å². The summed E-state index contributed by atoms with van der Waals surface area (Å²) in [6.07, 6.45) is 1.75. The molecular formula is C15H16F2O4. The van der Waals surface area contributed by atoms with E-state index in [0.29, 0.717) is 11.3 Å². The topological polar surface area (TPSA) is 55.8 Å². The maximum absolute atomic E-state index is 13.6. The molecule has 4 nitrogen and oxygen atoms in total. The van der Waals surface area contributed by atoms with E-state index >= 15 is 0 Å². The molecule has 1 unspecified atom stereocenters. The van der Waals surface area contributed by atoms with Crippen LogP contribution in [0.1, 0.15) is 43.2 Å². The number of hydrogen-bond donors (Lipinski definition) is 1. The Bertz CT molecular complexity index is 576. The molecule has 1 aromatic carbocycles. The second kappa shape index (κ2) is 4.86. The average molecular weight is 298 g/mol. The van der Waals surface area contributed by atoms with Crippen molar-refractivity contribution < 1.29 is 28.2 Å². The normalized spacial score (nSPS) is 18.6. The number of aliphatic carboxylic acids is 1. The lowest BCUT2D eigenvalue weighted by atomic mass is 9.88. The predicted octanol–water partition coefficient (Wildman–Crippen LogP) is 3.50. The van der Waals surface area contributed by atoms with Crippen molar-refractivity contribution in [3.63, 3.8) is 0 Å². The number of hydrogen-bond acceptors (Lipinski definition) is 3. The summed E-state index contributed by atoms with van der Waals surface area (Å²) >= 11 is 0. The molecule has 0 amide bonds. The largest absolute Gasteiger partial charge is 0.481 e. The van der Waals surface area contributed by atoms with Crippen LogP contribution in [0.5, 0.6) is 11.5 Å². The molecule has 1 heterocycles. The summed E-state index contributed by atoms with van der Waals surface area (Å²) in [6.45, 7) is 0.795. The molecule has 1 aliphatic heterocycles. The van der Waals surface area contributed by atoms with Crippen LogP contribution >= 0.6 is 0 Å². The van der Waals surface area contributed by atoms with E-state index in [0.717, 1.165) is 19.8 Å². The molecule has 0 saturated heterocycles. The molecule has 0 radical (unpaired) electrons. The SMILES string of the molecule is CC(F)(F)c1cc2c(c(C(CC(=O)O)C3CC3)c1)OCO2. The van der Waals surface area contributed by atoms with Gasteiger partial charge in [-0.2, -0.15) is 0 Å². The number of carboxylic acids is 1. The van der Waals surface area contributed by atoms with Crippen molar-refractivity contribution in [1.29, 1.82) is 0 Å². The molecule has 1 saturated carbocycles. The minimum Gasteiger partial charge on any atom is -0.481 e. The summed E-state index contributed by atoms with van der Waals surface area (Å²) in [5.74, 6) is -3.34. The zero-order valence-corrected chi connectivity index (χ0v) is 11.6. The van der Waals surface area contributed by atoms with E-state index in [9.17, 15) is 13.6 Å². The van der Waals surface area contributed by atoms with Gasteiger partial charge in [0.1, 0.15) is 0 Å². The van der Waals surface area contributed by atoms with Gasteiger partial charge in [-0.3, -0.25) is 4.79 Å². The van der Waals surface area contributed by atoms with E-state index in [4.69, 9.17) is 14.6 Å². The zero-order chi connectivity index (χ0) is 15.2. The molecular weight excluding hydrogens is 282 g/mol. The lowest BCUT2D eigenvalue weighted by Crippen LogP contribution is -2.12. The van der Waals surface area contributed by atoms with Crippen LogP contribution in [-0.4, -0.2) is 17.9 Å². The molecule has 21 heavy (non-hydrogen) atoms. The monoisotopic (exact) mass is 298 g/mol. The van der Waals surface area contributed by atoms with Gasteiger partial charge in [-0.05, 0) is 30.9 Å². The first-order valence-electron chi connectivity index (χ1n) is 6.90. The fourth-order valence-corrected chi connectivity index (χ4v) is 2.78. The van der Waals surface area contributed by atoms with Crippen molar-refractivity contribution >= 4 is 5.97 Å². The highest BCUT2D eigenvalue weighted by molar-refractivity contribution is 5.69. The van der Waals surface area contributed by atoms with Gasteiger partial charge in [0.2, 0.25) is 6.79 Å². The van der Waals surface area contributed by atoms with Crippen LogP contribution in [0.4, 0.5) is 8.78 Å². The van der Waals surface area contributed by atoms with Gasteiger partial charge in [-0.15, -0.1) is 0 Å². The first-order chi connectivity index (χ1) is 9.86. The lowest BCUT2D eigenvalue weighted by molar-refractivity contribution is -0.137. The minimum absolute atomic E-state index is 0.0223. The Morgan fingerprint density at radius 2 is 2.14 bits per heavy atom. The Morgan fingerprint density at radius 1 is 1.43 bits per heavy atom. The third kappa shape index (κ3) is 2.80. The molecule has 1 aromatic rings. The maximum Gasteiger partial charge on any atom is 0.303 e. The summed E-state index contributed by atoms with van der Waals surface area (Å²) in [5.41, 5.74) is 0.365. The Hall–Kier alpha value is -1.85. The van der Waals surface area contributed by atoms with Gasteiger partial charge in [0.25, 0.3) is 5.92 Å². The summed E-state index contributed by atoms with van der Waals surface area (Å²) in [5, 5.41) is 9.08. The van der Waals surface area contributed by atoms with Crippen LogP contribution in [0, 0.1) is 5.92 Å². The molecule has 6 heteroatoms. The third-order valence-electron chi connectivity index (χ3n) is 3.99. The Morgan fingerprint density at radius 3 is 2.71 bits per heavy atom. The number of rotatable bonds is 5. The number of halogens is 2. The predicted molar refractivity (Wildman–Crippen MR) is 69.9 cm³/mol. The van der Waals surface area contributed by atoms with Crippen LogP contribution in [-0.2, 0) is 10.7 Å². The van der Waals surface area contributed by atoms with Gasteiger partial charge in [-0.25, -0.2) is 8.78 Å². The van der Waals surface area contributed by atoms with E-state index in [1.165, 1.54) is 12.1 Å². The van der Waals surface area contributed by atoms with Crippen molar-refractivity contribution in [2.45, 2.75) is 38.0 Å². The summed E-state index contributed by atoms with van der Waals surface area (Å²) in [7, 11) is 0. The molecule has 0 spiro atoms. The Balaban J connectivity index is 2.07. The fourth-order valence-electron chi connectivity index (χ4n) is 2.78. The smallest absolute Gasteiger partial charge is 0.303 e. The third-order valence-corrected chi connectivity index (χ3v) is 3.99. The van der Waals surface area contributed by atoms with Crippen molar-refractivity contribution in [1.82, 2.24) is 0 Å². The van der Waals surface area contributed by atoms with Gasteiger partial charge in [0, 0.05) is 24.0 Å². The molecule has 0 bridgehead atoms. The first kappa shape index (κ1) is 14.1.